The monoisotopic (exact) mass is 292 g/mol. The van der Waals surface area contributed by atoms with E-state index in [4.69, 9.17) is 4.74 Å². The number of piperazine rings is 1. The number of amides is 2. The number of hydrogen-bond donors (Lipinski definition) is 1. The fourth-order valence-corrected chi connectivity index (χ4v) is 2.39. The number of aromatic nitrogens is 1. The summed E-state index contributed by atoms with van der Waals surface area (Å²) in [5, 5.41) is 2.92. The Balaban J connectivity index is 1.66. The Bertz CT molecular complexity index is 419. The maximum absolute atomic E-state index is 12.1. The lowest BCUT2D eigenvalue weighted by Crippen LogP contribution is -2.51. The Hall–Kier alpha value is -1.66. The number of carbonyl (C=O) groups excluding carboxylic acids is 1. The van der Waals surface area contributed by atoms with Crippen molar-refractivity contribution in [2.75, 3.05) is 46.4 Å². The Morgan fingerprint density at radius 2 is 2.14 bits per heavy atom. The van der Waals surface area contributed by atoms with Gasteiger partial charge in [-0.05, 0) is 18.6 Å². The molecular formula is C15H24N4O2. The molecule has 1 saturated heterocycles. The maximum Gasteiger partial charge on any atom is 0.317 e. The first-order valence-corrected chi connectivity index (χ1v) is 7.43. The Labute approximate surface area is 126 Å². The van der Waals surface area contributed by atoms with Crippen LogP contribution in [0.4, 0.5) is 4.79 Å². The number of hydrogen-bond acceptors (Lipinski definition) is 4. The second kappa shape index (κ2) is 8.59. The van der Waals surface area contributed by atoms with Crippen LogP contribution in [0.1, 0.15) is 12.1 Å². The summed E-state index contributed by atoms with van der Waals surface area (Å²) in [6.07, 6.45) is 2.78. The molecule has 21 heavy (non-hydrogen) atoms. The van der Waals surface area contributed by atoms with Gasteiger partial charge in [-0.2, -0.15) is 0 Å². The molecular weight excluding hydrogens is 268 g/mol. The molecule has 0 atom stereocenters. The van der Waals surface area contributed by atoms with Crippen molar-refractivity contribution >= 4 is 6.03 Å². The molecule has 0 spiro atoms. The van der Waals surface area contributed by atoms with Gasteiger partial charge in [-0.15, -0.1) is 0 Å². The van der Waals surface area contributed by atoms with Gasteiger partial charge in [0.1, 0.15) is 0 Å². The van der Waals surface area contributed by atoms with E-state index in [1.165, 1.54) is 0 Å². The van der Waals surface area contributed by atoms with E-state index in [1.54, 1.807) is 13.3 Å². The maximum atomic E-state index is 12.1. The van der Waals surface area contributed by atoms with E-state index in [2.05, 4.69) is 15.2 Å². The third-order valence-corrected chi connectivity index (χ3v) is 3.63. The predicted molar refractivity (Wildman–Crippen MR) is 81.0 cm³/mol. The van der Waals surface area contributed by atoms with Crippen molar-refractivity contribution in [1.29, 1.82) is 0 Å². The predicted octanol–water partition coefficient (Wildman–Crippen LogP) is 0.945. The first kappa shape index (κ1) is 15.7. The number of urea groups is 1. The van der Waals surface area contributed by atoms with Crippen molar-refractivity contribution in [3.05, 3.63) is 30.1 Å². The van der Waals surface area contributed by atoms with Crippen LogP contribution in [0.25, 0.3) is 0 Å². The summed E-state index contributed by atoms with van der Waals surface area (Å²) in [4.78, 5) is 20.5. The second-order valence-corrected chi connectivity index (χ2v) is 5.15. The molecule has 0 bridgehead atoms. The van der Waals surface area contributed by atoms with E-state index in [0.29, 0.717) is 6.54 Å². The van der Waals surface area contributed by atoms with Crippen LogP contribution in [-0.4, -0.2) is 67.3 Å². The molecule has 0 radical (unpaired) electrons. The van der Waals surface area contributed by atoms with Crippen molar-refractivity contribution < 1.29 is 9.53 Å². The summed E-state index contributed by atoms with van der Waals surface area (Å²) >= 11 is 0. The van der Waals surface area contributed by atoms with Gasteiger partial charge in [-0.1, -0.05) is 6.07 Å². The summed E-state index contributed by atoms with van der Waals surface area (Å²) in [6.45, 7) is 5.74. The van der Waals surface area contributed by atoms with Crippen LogP contribution in [0.15, 0.2) is 24.4 Å². The van der Waals surface area contributed by atoms with E-state index < -0.39 is 0 Å². The first-order chi connectivity index (χ1) is 10.3. The quantitative estimate of drug-likeness (QED) is 0.793. The van der Waals surface area contributed by atoms with Crippen molar-refractivity contribution in [2.45, 2.75) is 13.0 Å². The van der Waals surface area contributed by atoms with Crippen LogP contribution >= 0.6 is 0 Å². The zero-order valence-corrected chi connectivity index (χ0v) is 12.6. The Kier molecular flexibility index (Phi) is 6.43. The van der Waals surface area contributed by atoms with Crippen LogP contribution in [0.5, 0.6) is 0 Å². The zero-order valence-electron chi connectivity index (χ0n) is 12.6. The molecule has 1 fully saturated rings. The molecule has 116 valence electrons. The molecule has 6 nitrogen and oxygen atoms in total. The number of rotatable bonds is 6. The van der Waals surface area contributed by atoms with Gasteiger partial charge in [-0.25, -0.2) is 4.79 Å². The van der Waals surface area contributed by atoms with Gasteiger partial charge >= 0.3 is 6.03 Å². The third-order valence-electron chi connectivity index (χ3n) is 3.63. The van der Waals surface area contributed by atoms with E-state index in [9.17, 15) is 4.79 Å². The van der Waals surface area contributed by atoms with Gasteiger partial charge < -0.3 is 15.0 Å². The van der Waals surface area contributed by atoms with Crippen molar-refractivity contribution in [1.82, 2.24) is 20.1 Å². The Morgan fingerprint density at radius 3 is 2.81 bits per heavy atom. The van der Waals surface area contributed by atoms with Gasteiger partial charge in [-0.3, -0.25) is 9.88 Å². The molecule has 1 aromatic heterocycles. The lowest BCUT2D eigenvalue weighted by Gasteiger charge is -2.34. The van der Waals surface area contributed by atoms with E-state index in [1.807, 2.05) is 23.1 Å². The number of methoxy groups -OCH3 is 1. The van der Waals surface area contributed by atoms with Crippen LogP contribution < -0.4 is 5.32 Å². The molecule has 0 aromatic carbocycles. The highest BCUT2D eigenvalue weighted by atomic mass is 16.5. The third kappa shape index (κ3) is 5.32. The molecule has 1 aliphatic rings. The SMILES string of the molecule is COCCCN1CCN(C(=O)NCc2ccccn2)CC1. The van der Waals surface area contributed by atoms with Crippen LogP contribution in [0.3, 0.4) is 0 Å². The minimum absolute atomic E-state index is 0.00260. The molecule has 0 saturated carbocycles. The molecule has 2 rings (SSSR count). The molecule has 2 heterocycles. The van der Waals surface area contributed by atoms with E-state index in [-0.39, 0.29) is 6.03 Å². The normalized spacial score (nSPS) is 16.0. The van der Waals surface area contributed by atoms with Crippen LogP contribution in [-0.2, 0) is 11.3 Å². The largest absolute Gasteiger partial charge is 0.385 e. The summed E-state index contributed by atoms with van der Waals surface area (Å²) < 4.78 is 5.06. The summed E-state index contributed by atoms with van der Waals surface area (Å²) in [5.41, 5.74) is 0.879. The van der Waals surface area contributed by atoms with Crippen molar-refractivity contribution in [3.63, 3.8) is 0 Å². The van der Waals surface area contributed by atoms with E-state index >= 15 is 0 Å². The smallest absolute Gasteiger partial charge is 0.317 e. The summed E-state index contributed by atoms with van der Waals surface area (Å²) in [5.74, 6) is 0. The number of ether oxygens (including phenoxy) is 1. The number of carbonyl (C=O) groups is 1. The molecule has 1 aromatic rings. The standard InChI is InChI=1S/C15H24N4O2/c1-21-12-4-7-18-8-10-19(11-9-18)15(20)17-13-14-5-2-3-6-16-14/h2-3,5-6H,4,7-13H2,1H3,(H,17,20). The fourth-order valence-electron chi connectivity index (χ4n) is 2.39. The van der Waals surface area contributed by atoms with Gasteiger partial charge in [0.15, 0.2) is 0 Å². The minimum Gasteiger partial charge on any atom is -0.385 e. The zero-order chi connectivity index (χ0) is 14.9. The molecule has 2 amide bonds. The topological polar surface area (TPSA) is 57.7 Å². The van der Waals surface area contributed by atoms with Crippen molar-refractivity contribution in [3.8, 4) is 0 Å². The number of pyridine rings is 1. The first-order valence-electron chi connectivity index (χ1n) is 7.43. The van der Waals surface area contributed by atoms with Crippen LogP contribution in [0.2, 0.25) is 0 Å². The van der Waals surface area contributed by atoms with Gasteiger partial charge in [0.05, 0.1) is 12.2 Å². The van der Waals surface area contributed by atoms with E-state index in [0.717, 1.165) is 51.4 Å². The highest BCUT2D eigenvalue weighted by Gasteiger charge is 2.20. The lowest BCUT2D eigenvalue weighted by atomic mass is 10.3. The number of nitrogens with zero attached hydrogens (tertiary/aromatic N) is 3. The minimum atomic E-state index is -0.00260. The molecule has 0 aliphatic carbocycles. The summed E-state index contributed by atoms with van der Waals surface area (Å²) in [7, 11) is 1.73. The molecule has 1 aliphatic heterocycles. The molecule has 0 unspecified atom stereocenters. The average molecular weight is 292 g/mol. The second-order valence-electron chi connectivity index (χ2n) is 5.15. The molecule has 1 N–H and O–H groups in total. The average Bonchev–Trinajstić information content (AvgIpc) is 2.54. The highest BCUT2D eigenvalue weighted by molar-refractivity contribution is 5.74. The Morgan fingerprint density at radius 1 is 1.33 bits per heavy atom. The highest BCUT2D eigenvalue weighted by Crippen LogP contribution is 2.03. The van der Waals surface area contributed by atoms with Crippen LogP contribution in [0, 0.1) is 0 Å². The fraction of sp³-hybridized carbons (Fsp3) is 0.600. The summed E-state index contributed by atoms with van der Waals surface area (Å²) in [6, 6.07) is 5.70. The molecule has 6 heteroatoms. The van der Waals surface area contributed by atoms with Gasteiger partial charge in [0, 0.05) is 52.6 Å². The van der Waals surface area contributed by atoms with Gasteiger partial charge in [0.2, 0.25) is 0 Å². The number of nitrogens with one attached hydrogen (secondary N) is 1. The van der Waals surface area contributed by atoms with Gasteiger partial charge in [0.25, 0.3) is 0 Å². The van der Waals surface area contributed by atoms with Crippen molar-refractivity contribution in [2.24, 2.45) is 0 Å². The lowest BCUT2D eigenvalue weighted by molar-refractivity contribution is 0.125.